The van der Waals surface area contributed by atoms with E-state index in [1.165, 1.54) is 5.56 Å². The molecule has 1 aliphatic carbocycles. The summed E-state index contributed by atoms with van der Waals surface area (Å²) in [6.45, 7) is 0. The molecule has 138 valence electrons. The Hall–Kier alpha value is -2.43. The lowest BCUT2D eigenvalue weighted by Gasteiger charge is -2.26. The van der Waals surface area contributed by atoms with Crippen LogP contribution in [0.1, 0.15) is 25.7 Å². The fourth-order valence-electron chi connectivity index (χ4n) is 3.56. The van der Waals surface area contributed by atoms with Gasteiger partial charge in [0.1, 0.15) is 0 Å². The number of hydrogen-bond acceptors (Lipinski definition) is 4. The SMILES string of the molecule is N[C@H]1CC[C@@H](Nc2ncc(Cl)c(-c3cccc(-c4ccccc4)c3)n2)CC1. The summed E-state index contributed by atoms with van der Waals surface area (Å²) < 4.78 is 0. The fraction of sp³-hybridized carbons (Fsp3) is 0.273. The summed E-state index contributed by atoms with van der Waals surface area (Å²) in [5.41, 5.74) is 10.0. The van der Waals surface area contributed by atoms with E-state index in [4.69, 9.17) is 22.3 Å². The van der Waals surface area contributed by atoms with Gasteiger partial charge in [-0.1, -0.05) is 60.1 Å². The van der Waals surface area contributed by atoms with Crippen molar-refractivity contribution in [1.82, 2.24) is 9.97 Å². The average Bonchev–Trinajstić information content (AvgIpc) is 2.72. The Morgan fingerprint density at radius 1 is 0.889 bits per heavy atom. The van der Waals surface area contributed by atoms with Crippen LogP contribution in [-0.4, -0.2) is 22.1 Å². The van der Waals surface area contributed by atoms with E-state index in [2.05, 4.69) is 34.6 Å². The van der Waals surface area contributed by atoms with Crippen LogP contribution in [0.4, 0.5) is 5.95 Å². The molecule has 1 fully saturated rings. The van der Waals surface area contributed by atoms with Crippen molar-refractivity contribution in [3.05, 3.63) is 65.8 Å². The molecule has 1 aromatic heterocycles. The van der Waals surface area contributed by atoms with Crippen molar-refractivity contribution in [2.75, 3.05) is 5.32 Å². The molecule has 3 aromatic rings. The lowest BCUT2D eigenvalue weighted by Crippen LogP contribution is -2.33. The van der Waals surface area contributed by atoms with Crippen molar-refractivity contribution >= 4 is 17.5 Å². The topological polar surface area (TPSA) is 63.8 Å². The molecule has 0 aliphatic heterocycles. The Labute approximate surface area is 164 Å². The van der Waals surface area contributed by atoms with Gasteiger partial charge in [0.2, 0.25) is 5.95 Å². The first kappa shape index (κ1) is 18.0. The average molecular weight is 379 g/mol. The van der Waals surface area contributed by atoms with Crippen LogP contribution in [-0.2, 0) is 0 Å². The summed E-state index contributed by atoms with van der Waals surface area (Å²) in [4.78, 5) is 9.08. The zero-order valence-electron chi connectivity index (χ0n) is 15.1. The minimum Gasteiger partial charge on any atom is -0.351 e. The molecule has 3 N–H and O–H groups in total. The molecule has 1 heterocycles. The van der Waals surface area contributed by atoms with E-state index in [0.717, 1.165) is 42.5 Å². The van der Waals surface area contributed by atoms with Gasteiger partial charge in [0, 0.05) is 17.6 Å². The standard InChI is InChI=1S/C22H23ClN4/c23-20-14-25-22(26-19-11-9-18(24)10-12-19)27-21(20)17-8-4-7-16(13-17)15-5-2-1-3-6-15/h1-8,13-14,18-19H,9-12,24H2,(H,25,26,27)/t18-,19+. The van der Waals surface area contributed by atoms with E-state index in [1.807, 2.05) is 30.3 Å². The maximum absolute atomic E-state index is 6.42. The van der Waals surface area contributed by atoms with Gasteiger partial charge in [0.25, 0.3) is 0 Å². The number of anilines is 1. The Kier molecular flexibility index (Phi) is 5.37. The smallest absolute Gasteiger partial charge is 0.223 e. The fourth-order valence-corrected chi connectivity index (χ4v) is 3.76. The lowest BCUT2D eigenvalue weighted by molar-refractivity contribution is 0.410. The van der Waals surface area contributed by atoms with Gasteiger partial charge in [-0.25, -0.2) is 9.97 Å². The van der Waals surface area contributed by atoms with Crippen LogP contribution in [0, 0.1) is 0 Å². The molecule has 0 radical (unpaired) electrons. The number of rotatable bonds is 4. The van der Waals surface area contributed by atoms with Crippen molar-refractivity contribution in [2.24, 2.45) is 5.73 Å². The molecule has 0 amide bonds. The Morgan fingerprint density at radius 2 is 1.59 bits per heavy atom. The second-order valence-electron chi connectivity index (χ2n) is 7.09. The number of halogens is 1. The van der Waals surface area contributed by atoms with E-state index in [-0.39, 0.29) is 0 Å². The summed E-state index contributed by atoms with van der Waals surface area (Å²) >= 11 is 6.42. The number of aromatic nitrogens is 2. The van der Waals surface area contributed by atoms with Crippen LogP contribution in [0.25, 0.3) is 22.4 Å². The van der Waals surface area contributed by atoms with E-state index in [9.17, 15) is 0 Å². The van der Waals surface area contributed by atoms with Crippen LogP contribution >= 0.6 is 11.6 Å². The predicted octanol–water partition coefficient (Wildman–Crippen LogP) is 5.15. The van der Waals surface area contributed by atoms with Gasteiger partial charge in [-0.3, -0.25) is 0 Å². The lowest BCUT2D eigenvalue weighted by atomic mass is 9.92. The molecule has 1 saturated carbocycles. The molecule has 5 heteroatoms. The highest BCUT2D eigenvalue weighted by Gasteiger charge is 2.19. The Bertz CT molecular complexity index is 905. The quantitative estimate of drug-likeness (QED) is 0.659. The van der Waals surface area contributed by atoms with Gasteiger partial charge >= 0.3 is 0 Å². The Balaban J connectivity index is 1.60. The zero-order chi connectivity index (χ0) is 18.6. The summed E-state index contributed by atoms with van der Waals surface area (Å²) in [5, 5.41) is 4.00. The molecule has 0 bridgehead atoms. The van der Waals surface area contributed by atoms with E-state index in [0.29, 0.717) is 23.1 Å². The molecular formula is C22H23ClN4. The molecule has 0 saturated heterocycles. The van der Waals surface area contributed by atoms with Gasteiger partial charge in [-0.2, -0.15) is 0 Å². The summed E-state index contributed by atoms with van der Waals surface area (Å²) in [7, 11) is 0. The van der Waals surface area contributed by atoms with Gasteiger partial charge in [-0.15, -0.1) is 0 Å². The molecule has 1 aliphatic rings. The van der Waals surface area contributed by atoms with Crippen molar-refractivity contribution in [1.29, 1.82) is 0 Å². The van der Waals surface area contributed by atoms with Crippen LogP contribution in [0.2, 0.25) is 5.02 Å². The van der Waals surface area contributed by atoms with Crippen LogP contribution < -0.4 is 11.1 Å². The first-order valence-corrected chi connectivity index (χ1v) is 9.77. The van der Waals surface area contributed by atoms with E-state index in [1.54, 1.807) is 6.20 Å². The summed E-state index contributed by atoms with van der Waals surface area (Å²) in [6, 6.07) is 19.3. The van der Waals surface area contributed by atoms with Gasteiger partial charge < -0.3 is 11.1 Å². The first-order valence-electron chi connectivity index (χ1n) is 9.39. The molecule has 2 aromatic carbocycles. The number of nitrogens with two attached hydrogens (primary N) is 1. The van der Waals surface area contributed by atoms with Crippen LogP contribution in [0.5, 0.6) is 0 Å². The Morgan fingerprint density at radius 3 is 2.37 bits per heavy atom. The predicted molar refractivity (Wildman–Crippen MR) is 112 cm³/mol. The third-order valence-electron chi connectivity index (χ3n) is 5.09. The van der Waals surface area contributed by atoms with Gasteiger partial charge in [0.15, 0.2) is 0 Å². The summed E-state index contributed by atoms with van der Waals surface area (Å²) in [6.07, 6.45) is 5.85. The molecule has 27 heavy (non-hydrogen) atoms. The number of nitrogens with one attached hydrogen (secondary N) is 1. The molecule has 4 nitrogen and oxygen atoms in total. The highest BCUT2D eigenvalue weighted by atomic mass is 35.5. The molecule has 4 rings (SSSR count). The van der Waals surface area contributed by atoms with Crippen molar-refractivity contribution in [3.63, 3.8) is 0 Å². The normalized spacial score (nSPS) is 19.6. The van der Waals surface area contributed by atoms with Crippen LogP contribution in [0.3, 0.4) is 0 Å². The van der Waals surface area contributed by atoms with Crippen molar-refractivity contribution in [3.8, 4) is 22.4 Å². The van der Waals surface area contributed by atoms with E-state index < -0.39 is 0 Å². The number of benzene rings is 2. The maximum Gasteiger partial charge on any atom is 0.223 e. The summed E-state index contributed by atoms with van der Waals surface area (Å²) in [5.74, 6) is 0.625. The minimum absolute atomic E-state index is 0.325. The van der Waals surface area contributed by atoms with Crippen LogP contribution in [0.15, 0.2) is 60.8 Å². The number of hydrogen-bond donors (Lipinski definition) is 2. The third kappa shape index (κ3) is 4.29. The second kappa shape index (κ2) is 8.07. The largest absolute Gasteiger partial charge is 0.351 e. The van der Waals surface area contributed by atoms with Crippen molar-refractivity contribution in [2.45, 2.75) is 37.8 Å². The van der Waals surface area contributed by atoms with Crippen molar-refractivity contribution < 1.29 is 0 Å². The minimum atomic E-state index is 0.325. The first-order chi connectivity index (χ1) is 13.2. The van der Waals surface area contributed by atoms with Gasteiger partial charge in [0.05, 0.1) is 16.9 Å². The monoisotopic (exact) mass is 378 g/mol. The highest BCUT2D eigenvalue weighted by molar-refractivity contribution is 6.32. The molecule has 0 atom stereocenters. The number of nitrogens with zero attached hydrogens (tertiary/aromatic N) is 2. The molecule has 0 spiro atoms. The second-order valence-corrected chi connectivity index (χ2v) is 7.50. The molecule has 0 unspecified atom stereocenters. The maximum atomic E-state index is 6.42. The van der Waals surface area contributed by atoms with Gasteiger partial charge in [-0.05, 0) is 42.9 Å². The molecular weight excluding hydrogens is 356 g/mol. The third-order valence-corrected chi connectivity index (χ3v) is 5.37. The highest BCUT2D eigenvalue weighted by Crippen LogP contribution is 2.30. The van der Waals surface area contributed by atoms with E-state index >= 15 is 0 Å². The zero-order valence-corrected chi connectivity index (χ0v) is 15.9.